The van der Waals surface area contributed by atoms with Crippen molar-refractivity contribution in [1.82, 2.24) is 14.9 Å². The third-order valence-electron chi connectivity index (χ3n) is 3.57. The first-order valence-corrected chi connectivity index (χ1v) is 6.80. The zero-order valence-electron chi connectivity index (χ0n) is 12.0. The van der Waals surface area contributed by atoms with Crippen LogP contribution in [0.5, 0.6) is 0 Å². The van der Waals surface area contributed by atoms with Crippen LogP contribution in [0.15, 0.2) is 17.5 Å². The van der Waals surface area contributed by atoms with Crippen molar-refractivity contribution in [2.45, 2.75) is 12.8 Å². The van der Waals surface area contributed by atoms with E-state index >= 15 is 0 Å². The van der Waals surface area contributed by atoms with Gasteiger partial charge in [-0.15, -0.1) is 0 Å². The molecule has 3 N–H and O–H groups in total. The molecule has 0 saturated carbocycles. The van der Waals surface area contributed by atoms with Crippen molar-refractivity contribution in [1.29, 1.82) is 0 Å². The van der Waals surface area contributed by atoms with Crippen LogP contribution in [0.1, 0.15) is 18.5 Å². The molecule has 0 aromatic carbocycles. The Morgan fingerprint density at radius 3 is 2.65 bits per heavy atom. The molecule has 0 radical (unpaired) electrons. The van der Waals surface area contributed by atoms with Gasteiger partial charge in [-0.2, -0.15) is 0 Å². The summed E-state index contributed by atoms with van der Waals surface area (Å²) in [5.41, 5.74) is 6.10. The number of aromatic nitrogens is 2. The lowest BCUT2D eigenvalue weighted by atomic mass is 9.96. The van der Waals surface area contributed by atoms with Gasteiger partial charge in [-0.05, 0) is 32.9 Å². The first-order chi connectivity index (χ1) is 9.61. The van der Waals surface area contributed by atoms with Crippen LogP contribution in [0, 0.1) is 5.92 Å². The highest BCUT2D eigenvalue weighted by atomic mass is 16.4. The lowest BCUT2D eigenvalue weighted by molar-refractivity contribution is 0.284. The minimum Gasteiger partial charge on any atom is -0.409 e. The highest BCUT2D eigenvalue weighted by molar-refractivity contribution is 5.99. The summed E-state index contributed by atoms with van der Waals surface area (Å²) >= 11 is 0. The van der Waals surface area contributed by atoms with Crippen molar-refractivity contribution >= 4 is 11.7 Å². The predicted molar refractivity (Wildman–Crippen MR) is 78.0 cm³/mol. The van der Waals surface area contributed by atoms with Gasteiger partial charge < -0.3 is 20.7 Å². The summed E-state index contributed by atoms with van der Waals surface area (Å²) < 4.78 is 0. The van der Waals surface area contributed by atoms with E-state index in [0.29, 0.717) is 17.4 Å². The number of piperidine rings is 1. The number of rotatable bonds is 4. The van der Waals surface area contributed by atoms with Crippen molar-refractivity contribution in [3.63, 3.8) is 0 Å². The lowest BCUT2D eigenvalue weighted by Crippen LogP contribution is -2.38. The van der Waals surface area contributed by atoms with E-state index in [9.17, 15) is 0 Å². The van der Waals surface area contributed by atoms with Gasteiger partial charge in [-0.1, -0.05) is 5.16 Å². The quantitative estimate of drug-likeness (QED) is 0.357. The maximum absolute atomic E-state index is 8.82. The third kappa shape index (κ3) is 3.36. The molecular formula is C13H22N6O. The topological polar surface area (TPSA) is 90.9 Å². The SMILES string of the molecule is CN(C)CC1CCN(c2nccnc2C(N)=NO)CC1. The second-order valence-corrected chi connectivity index (χ2v) is 5.41. The largest absolute Gasteiger partial charge is 0.409 e. The van der Waals surface area contributed by atoms with E-state index in [1.54, 1.807) is 12.4 Å². The number of hydrogen-bond acceptors (Lipinski definition) is 6. The van der Waals surface area contributed by atoms with Crippen LogP contribution >= 0.6 is 0 Å². The van der Waals surface area contributed by atoms with Gasteiger partial charge in [0.2, 0.25) is 0 Å². The Hall–Kier alpha value is -1.89. The van der Waals surface area contributed by atoms with Crippen LogP contribution in [0.2, 0.25) is 0 Å². The molecule has 2 rings (SSSR count). The summed E-state index contributed by atoms with van der Waals surface area (Å²) in [4.78, 5) is 12.9. The van der Waals surface area contributed by atoms with Crippen LogP contribution < -0.4 is 10.6 Å². The summed E-state index contributed by atoms with van der Waals surface area (Å²) in [6.45, 7) is 2.95. The molecule has 1 aromatic heterocycles. The van der Waals surface area contributed by atoms with Crippen LogP contribution in [-0.4, -0.2) is 59.6 Å². The molecule has 0 atom stereocenters. The number of hydrogen-bond donors (Lipinski definition) is 2. The Kier molecular flexibility index (Phi) is 4.73. The van der Waals surface area contributed by atoms with E-state index in [4.69, 9.17) is 10.9 Å². The summed E-state index contributed by atoms with van der Waals surface area (Å²) in [5.74, 6) is 1.42. The Morgan fingerprint density at radius 1 is 1.40 bits per heavy atom. The predicted octanol–water partition coefficient (Wildman–Crippen LogP) is 0.349. The van der Waals surface area contributed by atoms with Crippen molar-refractivity contribution in [2.24, 2.45) is 16.8 Å². The van der Waals surface area contributed by atoms with Gasteiger partial charge in [0.1, 0.15) is 0 Å². The molecule has 0 spiro atoms. The highest BCUT2D eigenvalue weighted by Crippen LogP contribution is 2.23. The van der Waals surface area contributed by atoms with Crippen molar-refractivity contribution in [2.75, 3.05) is 38.6 Å². The lowest BCUT2D eigenvalue weighted by Gasteiger charge is -2.34. The smallest absolute Gasteiger partial charge is 0.192 e. The average Bonchev–Trinajstić information content (AvgIpc) is 2.46. The summed E-state index contributed by atoms with van der Waals surface area (Å²) in [5, 5.41) is 11.9. The summed E-state index contributed by atoms with van der Waals surface area (Å²) in [6.07, 6.45) is 5.42. The van der Waals surface area contributed by atoms with E-state index in [2.05, 4.69) is 39.0 Å². The number of amidine groups is 1. The maximum atomic E-state index is 8.82. The number of nitrogens with zero attached hydrogens (tertiary/aromatic N) is 5. The van der Waals surface area contributed by atoms with Crippen LogP contribution in [0.4, 0.5) is 5.82 Å². The molecular weight excluding hydrogens is 256 g/mol. The normalized spacial score (nSPS) is 17.8. The number of oxime groups is 1. The Balaban J connectivity index is 2.07. The van der Waals surface area contributed by atoms with Crippen LogP contribution in [0.3, 0.4) is 0 Å². The second kappa shape index (κ2) is 6.51. The zero-order chi connectivity index (χ0) is 14.5. The Morgan fingerprint density at radius 2 is 2.05 bits per heavy atom. The molecule has 0 bridgehead atoms. The monoisotopic (exact) mass is 278 g/mol. The fourth-order valence-corrected chi connectivity index (χ4v) is 2.63. The van der Waals surface area contributed by atoms with E-state index in [1.807, 2.05) is 0 Å². The van der Waals surface area contributed by atoms with Crippen LogP contribution in [0.25, 0.3) is 0 Å². The van der Waals surface area contributed by atoms with Crippen molar-refractivity contribution in [3.05, 3.63) is 18.1 Å². The number of anilines is 1. The average molecular weight is 278 g/mol. The molecule has 0 aliphatic carbocycles. The molecule has 110 valence electrons. The van der Waals surface area contributed by atoms with Gasteiger partial charge in [0.05, 0.1) is 0 Å². The van der Waals surface area contributed by atoms with Crippen LogP contribution in [-0.2, 0) is 0 Å². The van der Waals surface area contributed by atoms with Crippen molar-refractivity contribution in [3.8, 4) is 0 Å². The maximum Gasteiger partial charge on any atom is 0.192 e. The Bertz CT molecular complexity index is 468. The molecule has 1 aromatic rings. The molecule has 0 amide bonds. The summed E-state index contributed by atoms with van der Waals surface area (Å²) in [7, 11) is 4.21. The van der Waals surface area contributed by atoms with Gasteiger partial charge in [0, 0.05) is 32.0 Å². The first kappa shape index (κ1) is 14.5. The van der Waals surface area contributed by atoms with Gasteiger partial charge in [-0.3, -0.25) is 0 Å². The third-order valence-corrected chi connectivity index (χ3v) is 3.57. The van der Waals surface area contributed by atoms with Gasteiger partial charge in [0.15, 0.2) is 17.3 Å². The molecule has 0 unspecified atom stereocenters. The molecule has 1 aliphatic rings. The minimum atomic E-state index is 0.00325. The highest BCUT2D eigenvalue weighted by Gasteiger charge is 2.23. The molecule has 20 heavy (non-hydrogen) atoms. The second-order valence-electron chi connectivity index (χ2n) is 5.41. The van der Waals surface area contributed by atoms with Gasteiger partial charge in [0.25, 0.3) is 0 Å². The van der Waals surface area contributed by atoms with E-state index in [-0.39, 0.29) is 5.84 Å². The molecule has 7 nitrogen and oxygen atoms in total. The van der Waals surface area contributed by atoms with E-state index < -0.39 is 0 Å². The zero-order valence-corrected chi connectivity index (χ0v) is 12.0. The van der Waals surface area contributed by atoms with E-state index in [0.717, 1.165) is 32.5 Å². The van der Waals surface area contributed by atoms with Gasteiger partial charge >= 0.3 is 0 Å². The van der Waals surface area contributed by atoms with Gasteiger partial charge in [-0.25, -0.2) is 9.97 Å². The summed E-state index contributed by atoms with van der Waals surface area (Å²) in [6, 6.07) is 0. The van der Waals surface area contributed by atoms with E-state index in [1.165, 1.54) is 0 Å². The standard InChI is InChI=1S/C13H22N6O/c1-18(2)9-10-3-7-19(8-4-10)13-11(12(14)17-20)15-5-6-16-13/h5-6,10,20H,3-4,7-9H2,1-2H3,(H2,14,17). The molecule has 1 saturated heterocycles. The fraction of sp³-hybridized carbons (Fsp3) is 0.615. The molecule has 1 aliphatic heterocycles. The van der Waals surface area contributed by atoms with Crippen molar-refractivity contribution < 1.29 is 5.21 Å². The minimum absolute atomic E-state index is 0.00325. The molecule has 1 fully saturated rings. The number of nitrogens with two attached hydrogens (primary N) is 1. The molecule has 7 heteroatoms. The molecule has 2 heterocycles. The Labute approximate surface area is 119 Å². The first-order valence-electron chi connectivity index (χ1n) is 6.80. The fourth-order valence-electron chi connectivity index (χ4n) is 2.63.